The highest BCUT2D eigenvalue weighted by atomic mass is 32.2. The summed E-state index contributed by atoms with van der Waals surface area (Å²) in [5, 5.41) is 0. The minimum absolute atomic E-state index is 0.0132. The molecule has 2 atom stereocenters. The van der Waals surface area contributed by atoms with Gasteiger partial charge in [-0.25, -0.2) is 8.42 Å². The van der Waals surface area contributed by atoms with Gasteiger partial charge < -0.3 is 14.4 Å². The smallest absolute Gasteiger partial charge is 0.241 e. The number of fused-ring (bicyclic) bond motifs is 1. The van der Waals surface area contributed by atoms with E-state index in [2.05, 4.69) is 0 Å². The Morgan fingerprint density at radius 2 is 1.66 bits per heavy atom. The molecule has 2 aliphatic rings. The molecule has 0 unspecified atom stereocenters. The standard InChI is InChI=1S/C21H24N2O5S/c1-27-19-9-8-15(10-20(19)28-2)11-22-12-21(24)23(16-6-4-3-5-7-16)18-14-29(25,26)13-17(18)22/h3-10,17-18H,11-14H2,1-2H3/t17-,18-/m0/s1. The van der Waals surface area contributed by atoms with Gasteiger partial charge in [-0.15, -0.1) is 0 Å². The van der Waals surface area contributed by atoms with Gasteiger partial charge in [0, 0.05) is 18.3 Å². The summed E-state index contributed by atoms with van der Waals surface area (Å²) in [5.74, 6) is 1.19. The Hall–Kier alpha value is -2.58. The first-order chi connectivity index (χ1) is 13.9. The molecule has 0 spiro atoms. The summed E-state index contributed by atoms with van der Waals surface area (Å²) in [7, 11) is -0.0730. The minimum atomic E-state index is -3.22. The normalized spacial score (nSPS) is 23.7. The number of amides is 1. The Morgan fingerprint density at radius 3 is 2.34 bits per heavy atom. The molecule has 29 heavy (non-hydrogen) atoms. The number of methoxy groups -OCH3 is 2. The van der Waals surface area contributed by atoms with E-state index in [1.165, 1.54) is 0 Å². The zero-order chi connectivity index (χ0) is 20.6. The van der Waals surface area contributed by atoms with E-state index in [-0.39, 0.29) is 36.0 Å². The summed E-state index contributed by atoms with van der Waals surface area (Å²) >= 11 is 0. The molecule has 2 heterocycles. The van der Waals surface area contributed by atoms with Crippen molar-refractivity contribution in [1.82, 2.24) is 4.90 Å². The largest absolute Gasteiger partial charge is 0.493 e. The van der Waals surface area contributed by atoms with Gasteiger partial charge in [0.05, 0.1) is 38.3 Å². The fraction of sp³-hybridized carbons (Fsp3) is 0.381. The van der Waals surface area contributed by atoms with Gasteiger partial charge in [-0.3, -0.25) is 9.69 Å². The summed E-state index contributed by atoms with van der Waals surface area (Å²) in [6, 6.07) is 14.3. The fourth-order valence-corrected chi connectivity index (χ4v) is 6.25. The van der Waals surface area contributed by atoms with Gasteiger partial charge in [0.15, 0.2) is 21.3 Å². The number of carbonyl (C=O) groups is 1. The molecule has 0 radical (unpaired) electrons. The quantitative estimate of drug-likeness (QED) is 0.739. The number of benzene rings is 2. The van der Waals surface area contributed by atoms with Gasteiger partial charge >= 0.3 is 0 Å². The van der Waals surface area contributed by atoms with Gasteiger partial charge in [0.1, 0.15) is 0 Å². The van der Waals surface area contributed by atoms with E-state index in [4.69, 9.17) is 9.47 Å². The Kier molecular flexibility index (Phi) is 5.23. The van der Waals surface area contributed by atoms with Gasteiger partial charge in [0.2, 0.25) is 5.91 Å². The molecule has 4 rings (SSSR count). The Balaban J connectivity index is 1.64. The average molecular weight is 416 g/mol. The monoisotopic (exact) mass is 416 g/mol. The van der Waals surface area contributed by atoms with Crippen LogP contribution < -0.4 is 14.4 Å². The SMILES string of the molecule is COc1ccc(CN2CC(=O)N(c3ccccc3)[C@H]3CS(=O)(=O)C[C@@H]32)cc1OC. The van der Waals surface area contributed by atoms with Crippen molar-refractivity contribution in [3.05, 3.63) is 54.1 Å². The van der Waals surface area contributed by atoms with E-state index in [1.54, 1.807) is 19.1 Å². The van der Waals surface area contributed by atoms with Crippen LogP contribution >= 0.6 is 0 Å². The third-order valence-electron chi connectivity index (χ3n) is 5.57. The van der Waals surface area contributed by atoms with E-state index in [0.717, 1.165) is 11.3 Å². The van der Waals surface area contributed by atoms with Crippen LogP contribution in [0.4, 0.5) is 5.69 Å². The lowest BCUT2D eigenvalue weighted by atomic mass is 10.0. The molecule has 0 bridgehead atoms. The third-order valence-corrected chi connectivity index (χ3v) is 7.27. The molecule has 8 heteroatoms. The van der Waals surface area contributed by atoms with Crippen molar-refractivity contribution in [3.63, 3.8) is 0 Å². The molecule has 7 nitrogen and oxygen atoms in total. The second kappa shape index (κ2) is 7.68. The lowest BCUT2D eigenvalue weighted by Crippen LogP contribution is -2.61. The second-order valence-corrected chi connectivity index (χ2v) is 9.56. The Morgan fingerprint density at radius 1 is 0.966 bits per heavy atom. The van der Waals surface area contributed by atoms with Crippen LogP contribution in [0.3, 0.4) is 0 Å². The number of hydrogen-bond acceptors (Lipinski definition) is 6. The number of anilines is 1. The van der Waals surface area contributed by atoms with Gasteiger partial charge in [-0.1, -0.05) is 24.3 Å². The summed E-state index contributed by atoms with van der Waals surface area (Å²) in [5.41, 5.74) is 1.68. The maximum absolute atomic E-state index is 13.0. The van der Waals surface area contributed by atoms with E-state index >= 15 is 0 Å². The van der Waals surface area contributed by atoms with Crippen LogP contribution in [0, 0.1) is 0 Å². The van der Waals surface area contributed by atoms with E-state index in [9.17, 15) is 13.2 Å². The highest BCUT2D eigenvalue weighted by molar-refractivity contribution is 7.91. The predicted molar refractivity (Wildman–Crippen MR) is 110 cm³/mol. The van der Waals surface area contributed by atoms with E-state index < -0.39 is 9.84 Å². The number of sulfone groups is 1. The van der Waals surface area contributed by atoms with Gasteiger partial charge in [0.25, 0.3) is 0 Å². The van der Waals surface area contributed by atoms with Crippen molar-refractivity contribution in [2.75, 3.05) is 37.2 Å². The van der Waals surface area contributed by atoms with E-state index in [1.807, 2.05) is 53.4 Å². The first-order valence-corrected chi connectivity index (χ1v) is 11.3. The van der Waals surface area contributed by atoms with Crippen molar-refractivity contribution in [2.24, 2.45) is 0 Å². The van der Waals surface area contributed by atoms with Crippen LogP contribution in [-0.2, 0) is 21.2 Å². The Bertz CT molecular complexity index is 1010. The molecular weight excluding hydrogens is 392 g/mol. The summed E-state index contributed by atoms with van der Waals surface area (Å²) in [6.07, 6.45) is 0. The molecule has 2 aromatic carbocycles. The minimum Gasteiger partial charge on any atom is -0.493 e. The van der Waals surface area contributed by atoms with Gasteiger partial charge in [-0.05, 0) is 29.8 Å². The van der Waals surface area contributed by atoms with Crippen LogP contribution in [-0.4, -0.2) is 63.6 Å². The topological polar surface area (TPSA) is 76.2 Å². The van der Waals surface area contributed by atoms with E-state index in [0.29, 0.717) is 18.0 Å². The fourth-order valence-electron chi connectivity index (χ4n) is 4.27. The Labute approximate surface area is 170 Å². The lowest BCUT2D eigenvalue weighted by Gasteiger charge is -2.43. The predicted octanol–water partition coefficient (Wildman–Crippen LogP) is 1.72. The molecule has 2 fully saturated rings. The van der Waals surface area contributed by atoms with Crippen molar-refractivity contribution in [2.45, 2.75) is 18.6 Å². The molecule has 0 aromatic heterocycles. The summed E-state index contributed by atoms with van der Waals surface area (Å²) < 4.78 is 35.6. The average Bonchev–Trinajstić information content (AvgIpc) is 3.03. The van der Waals surface area contributed by atoms with Crippen LogP contribution in [0.25, 0.3) is 0 Å². The number of hydrogen-bond donors (Lipinski definition) is 0. The zero-order valence-electron chi connectivity index (χ0n) is 16.4. The highest BCUT2D eigenvalue weighted by Gasteiger charge is 2.49. The molecule has 2 aromatic rings. The van der Waals surface area contributed by atoms with Crippen LogP contribution in [0.15, 0.2) is 48.5 Å². The zero-order valence-corrected chi connectivity index (χ0v) is 17.3. The number of piperazine rings is 1. The molecule has 154 valence electrons. The van der Waals surface area contributed by atoms with Crippen molar-refractivity contribution < 1.29 is 22.7 Å². The molecule has 0 N–H and O–H groups in total. The van der Waals surface area contributed by atoms with Crippen LogP contribution in [0.2, 0.25) is 0 Å². The maximum Gasteiger partial charge on any atom is 0.241 e. The first kappa shape index (κ1) is 19.7. The van der Waals surface area contributed by atoms with Crippen LogP contribution in [0.1, 0.15) is 5.56 Å². The maximum atomic E-state index is 13.0. The molecule has 0 aliphatic carbocycles. The second-order valence-electron chi connectivity index (χ2n) is 7.41. The lowest BCUT2D eigenvalue weighted by molar-refractivity contribution is -0.123. The molecule has 0 saturated carbocycles. The third kappa shape index (κ3) is 3.82. The van der Waals surface area contributed by atoms with Crippen LogP contribution in [0.5, 0.6) is 11.5 Å². The summed E-state index contributed by atoms with van der Waals surface area (Å²) in [6.45, 7) is 0.630. The van der Waals surface area contributed by atoms with Crippen molar-refractivity contribution >= 4 is 21.4 Å². The van der Waals surface area contributed by atoms with Gasteiger partial charge in [-0.2, -0.15) is 0 Å². The number of rotatable bonds is 5. The molecule has 2 saturated heterocycles. The number of carbonyl (C=O) groups excluding carboxylic acids is 1. The number of ether oxygens (including phenoxy) is 2. The first-order valence-electron chi connectivity index (χ1n) is 9.44. The van der Waals surface area contributed by atoms with Crippen molar-refractivity contribution in [1.29, 1.82) is 0 Å². The highest BCUT2D eigenvalue weighted by Crippen LogP contribution is 2.33. The molecule has 1 amide bonds. The van der Waals surface area contributed by atoms with Crippen molar-refractivity contribution in [3.8, 4) is 11.5 Å². The molecular formula is C21H24N2O5S. The number of nitrogens with zero attached hydrogens (tertiary/aromatic N) is 2. The summed E-state index contributed by atoms with van der Waals surface area (Å²) in [4.78, 5) is 16.7. The molecule has 2 aliphatic heterocycles. The number of para-hydroxylation sites is 1.